The lowest BCUT2D eigenvalue weighted by Crippen LogP contribution is -2.35. The smallest absolute Gasteiger partial charge is 0.361 e. The average molecular weight is 220 g/mol. The summed E-state index contributed by atoms with van der Waals surface area (Å²) in [5, 5.41) is 0. The first-order valence-corrected chi connectivity index (χ1v) is 6.20. The molecule has 3 aliphatic rings. The maximum absolute atomic E-state index is 12.3. The highest BCUT2D eigenvalue weighted by molar-refractivity contribution is 6.45. The lowest BCUT2D eigenvalue weighted by Gasteiger charge is -2.24. The third-order valence-electron chi connectivity index (χ3n) is 4.37. The van der Waals surface area contributed by atoms with E-state index in [2.05, 4.69) is 4.79 Å². The zero-order chi connectivity index (χ0) is 11.2. The molecule has 16 heavy (non-hydrogen) atoms. The fraction of sp³-hybridized carbons (Fsp3) is 0.833. The standard InChI is InChI=1S/C12H16N2O2/c13-14-9-10(15)12(7-3-4-8-12)16-11(9)5-1-2-6-11/h1-8H2. The molecule has 0 N–H and O–H groups in total. The van der Waals surface area contributed by atoms with E-state index in [1.165, 1.54) is 0 Å². The number of carbonyl (C=O) groups is 1. The summed E-state index contributed by atoms with van der Waals surface area (Å²) in [6.07, 6.45) is 7.46. The molecule has 0 amide bonds. The van der Waals surface area contributed by atoms with Gasteiger partial charge in [-0.05, 0) is 51.4 Å². The second-order valence-electron chi connectivity index (χ2n) is 5.28. The van der Waals surface area contributed by atoms with Crippen LogP contribution < -0.4 is 0 Å². The Morgan fingerprint density at radius 1 is 1.00 bits per heavy atom. The minimum absolute atomic E-state index is 0.0469. The summed E-state index contributed by atoms with van der Waals surface area (Å²) in [5.74, 6) is -0.0469. The first-order chi connectivity index (χ1) is 7.72. The minimum Gasteiger partial charge on any atom is -0.361 e. The molecular formula is C12H16N2O2. The molecule has 0 aromatic rings. The first-order valence-electron chi connectivity index (χ1n) is 6.20. The monoisotopic (exact) mass is 220 g/mol. The quantitative estimate of drug-likeness (QED) is 0.462. The summed E-state index contributed by atoms with van der Waals surface area (Å²) in [6, 6.07) is 0. The first kappa shape index (κ1) is 10.2. The number of hydrogen-bond donors (Lipinski definition) is 0. The van der Waals surface area contributed by atoms with E-state index in [0.717, 1.165) is 51.4 Å². The Bertz CT molecular complexity index is 384. The van der Waals surface area contributed by atoms with E-state index in [4.69, 9.17) is 10.3 Å². The lowest BCUT2D eigenvalue weighted by molar-refractivity contribution is -0.138. The summed E-state index contributed by atoms with van der Waals surface area (Å²) in [7, 11) is 0. The predicted octanol–water partition coefficient (Wildman–Crippen LogP) is 1.88. The van der Waals surface area contributed by atoms with E-state index in [-0.39, 0.29) is 5.78 Å². The van der Waals surface area contributed by atoms with Crippen LogP contribution in [-0.4, -0.2) is 27.5 Å². The van der Waals surface area contributed by atoms with Gasteiger partial charge in [-0.1, -0.05) is 0 Å². The molecule has 0 radical (unpaired) electrons. The van der Waals surface area contributed by atoms with Crippen molar-refractivity contribution in [2.24, 2.45) is 0 Å². The van der Waals surface area contributed by atoms with Crippen molar-refractivity contribution in [1.82, 2.24) is 0 Å². The van der Waals surface area contributed by atoms with Crippen molar-refractivity contribution in [2.45, 2.75) is 62.6 Å². The van der Waals surface area contributed by atoms with Crippen LogP contribution in [0.2, 0.25) is 0 Å². The Hall–Kier alpha value is -0.990. The van der Waals surface area contributed by atoms with E-state index in [1.807, 2.05) is 0 Å². The maximum Gasteiger partial charge on any atom is 0.368 e. The number of ether oxygens (including phenoxy) is 1. The molecule has 0 aromatic heterocycles. The van der Waals surface area contributed by atoms with Crippen LogP contribution in [-0.2, 0) is 9.53 Å². The van der Waals surface area contributed by atoms with Gasteiger partial charge in [0.05, 0.1) is 0 Å². The van der Waals surface area contributed by atoms with Crippen LogP contribution in [0.15, 0.2) is 0 Å². The lowest BCUT2D eigenvalue weighted by atomic mass is 9.90. The van der Waals surface area contributed by atoms with Crippen LogP contribution >= 0.6 is 0 Å². The van der Waals surface area contributed by atoms with Crippen LogP contribution in [0.3, 0.4) is 0 Å². The molecule has 3 rings (SSSR count). The van der Waals surface area contributed by atoms with Gasteiger partial charge in [-0.2, -0.15) is 4.79 Å². The van der Waals surface area contributed by atoms with Crippen molar-refractivity contribution < 1.29 is 14.3 Å². The van der Waals surface area contributed by atoms with Gasteiger partial charge in [0.15, 0.2) is 5.60 Å². The zero-order valence-corrected chi connectivity index (χ0v) is 9.37. The van der Waals surface area contributed by atoms with E-state index < -0.39 is 11.2 Å². The second kappa shape index (κ2) is 3.25. The van der Waals surface area contributed by atoms with Gasteiger partial charge in [-0.3, -0.25) is 4.79 Å². The molecule has 4 nitrogen and oxygen atoms in total. The minimum atomic E-state index is -0.633. The Kier molecular flexibility index (Phi) is 2.07. The van der Waals surface area contributed by atoms with Gasteiger partial charge in [-0.15, -0.1) is 0 Å². The number of Topliss-reactive ketones (excluding diaryl/α,β-unsaturated/α-hetero) is 1. The van der Waals surface area contributed by atoms with E-state index in [0.29, 0.717) is 5.71 Å². The van der Waals surface area contributed by atoms with Gasteiger partial charge in [0.1, 0.15) is 5.60 Å². The Labute approximate surface area is 94.6 Å². The van der Waals surface area contributed by atoms with Crippen molar-refractivity contribution in [3.8, 4) is 0 Å². The third-order valence-corrected chi connectivity index (χ3v) is 4.37. The molecule has 86 valence electrons. The van der Waals surface area contributed by atoms with Crippen molar-refractivity contribution >= 4 is 11.5 Å². The van der Waals surface area contributed by atoms with Crippen LogP contribution in [0.25, 0.3) is 5.53 Å². The molecule has 3 fully saturated rings. The van der Waals surface area contributed by atoms with Gasteiger partial charge in [0.25, 0.3) is 5.78 Å². The molecule has 0 bridgehead atoms. The Morgan fingerprint density at radius 3 is 2.00 bits per heavy atom. The molecule has 1 heterocycles. The third kappa shape index (κ3) is 1.12. The number of ketones is 1. The number of hydrogen-bond acceptors (Lipinski definition) is 2. The normalized spacial score (nSPS) is 30.5. The maximum atomic E-state index is 12.3. The van der Waals surface area contributed by atoms with Gasteiger partial charge in [-0.25, -0.2) is 0 Å². The van der Waals surface area contributed by atoms with Crippen LogP contribution in [0.1, 0.15) is 51.4 Å². The molecular weight excluding hydrogens is 204 g/mol. The summed E-state index contributed by atoms with van der Waals surface area (Å²) < 4.78 is 6.13. The van der Waals surface area contributed by atoms with Crippen molar-refractivity contribution in [1.29, 1.82) is 0 Å². The van der Waals surface area contributed by atoms with Crippen molar-refractivity contribution in [2.75, 3.05) is 0 Å². The molecule has 0 aromatic carbocycles. The summed E-state index contributed by atoms with van der Waals surface area (Å²) in [5.41, 5.74) is 8.21. The molecule has 2 aliphatic carbocycles. The summed E-state index contributed by atoms with van der Waals surface area (Å²) in [4.78, 5) is 15.6. The Balaban J connectivity index is 2.04. The molecule has 0 unspecified atom stereocenters. The Morgan fingerprint density at radius 2 is 1.50 bits per heavy atom. The summed E-state index contributed by atoms with van der Waals surface area (Å²) >= 11 is 0. The topological polar surface area (TPSA) is 62.7 Å². The predicted molar refractivity (Wildman–Crippen MR) is 57.1 cm³/mol. The van der Waals surface area contributed by atoms with E-state index >= 15 is 0 Å². The van der Waals surface area contributed by atoms with Crippen LogP contribution in [0.5, 0.6) is 0 Å². The van der Waals surface area contributed by atoms with Gasteiger partial charge >= 0.3 is 5.71 Å². The van der Waals surface area contributed by atoms with Gasteiger partial charge in [0.2, 0.25) is 0 Å². The summed E-state index contributed by atoms with van der Waals surface area (Å²) in [6.45, 7) is 0. The molecule has 2 saturated carbocycles. The number of carbonyl (C=O) groups excluding carboxylic acids is 1. The van der Waals surface area contributed by atoms with Gasteiger partial charge < -0.3 is 10.3 Å². The van der Waals surface area contributed by atoms with Crippen LogP contribution in [0.4, 0.5) is 0 Å². The van der Waals surface area contributed by atoms with Crippen molar-refractivity contribution in [3.63, 3.8) is 0 Å². The van der Waals surface area contributed by atoms with E-state index in [9.17, 15) is 4.79 Å². The highest BCUT2D eigenvalue weighted by Crippen LogP contribution is 2.49. The second-order valence-corrected chi connectivity index (χ2v) is 5.28. The molecule has 4 heteroatoms. The number of rotatable bonds is 0. The van der Waals surface area contributed by atoms with E-state index in [1.54, 1.807) is 0 Å². The highest BCUT2D eigenvalue weighted by atomic mass is 16.5. The molecule has 2 spiro atoms. The average Bonchev–Trinajstić information content (AvgIpc) is 2.94. The molecule has 0 atom stereocenters. The molecule has 1 saturated heterocycles. The molecule has 1 aliphatic heterocycles. The van der Waals surface area contributed by atoms with Gasteiger partial charge in [0, 0.05) is 0 Å². The zero-order valence-electron chi connectivity index (χ0n) is 9.37. The van der Waals surface area contributed by atoms with Crippen molar-refractivity contribution in [3.05, 3.63) is 5.53 Å². The fourth-order valence-corrected chi connectivity index (χ4v) is 3.59. The van der Waals surface area contributed by atoms with Crippen LogP contribution in [0, 0.1) is 0 Å². The SMILES string of the molecule is [N-]=[N+]=C1C(=O)C2(CCCC2)OC12CCCC2. The number of nitrogens with zero attached hydrogens (tertiary/aromatic N) is 2. The highest BCUT2D eigenvalue weighted by Gasteiger charge is 2.66. The largest absolute Gasteiger partial charge is 0.368 e. The fourth-order valence-electron chi connectivity index (χ4n) is 3.59.